The van der Waals surface area contributed by atoms with Gasteiger partial charge in [0.1, 0.15) is 5.75 Å². The number of amides is 1. The monoisotopic (exact) mass is 402 g/mol. The molecule has 0 bridgehead atoms. The molecule has 3 aromatic rings. The van der Waals surface area contributed by atoms with Crippen LogP contribution in [0.25, 0.3) is 11.4 Å². The normalized spacial score (nSPS) is 10.6. The van der Waals surface area contributed by atoms with E-state index in [-0.39, 0.29) is 11.7 Å². The van der Waals surface area contributed by atoms with E-state index in [4.69, 9.17) is 16.3 Å². The van der Waals surface area contributed by atoms with Crippen molar-refractivity contribution in [3.05, 3.63) is 53.6 Å². The number of nitrogens with one attached hydrogen (secondary N) is 1. The predicted molar refractivity (Wildman–Crippen MR) is 108 cm³/mol. The van der Waals surface area contributed by atoms with E-state index in [0.29, 0.717) is 22.5 Å². The van der Waals surface area contributed by atoms with E-state index in [1.807, 2.05) is 54.9 Å². The molecule has 0 spiro atoms. The summed E-state index contributed by atoms with van der Waals surface area (Å²) in [6, 6.07) is 14.8. The topological polar surface area (TPSA) is 69.0 Å². The van der Waals surface area contributed by atoms with Gasteiger partial charge in [0.2, 0.25) is 5.91 Å². The van der Waals surface area contributed by atoms with E-state index in [2.05, 4.69) is 15.5 Å². The lowest BCUT2D eigenvalue weighted by atomic mass is 10.2. The first-order valence-corrected chi connectivity index (χ1v) is 9.74. The second-order valence-corrected chi connectivity index (χ2v) is 6.99. The van der Waals surface area contributed by atoms with Crippen molar-refractivity contribution >= 4 is 35.0 Å². The van der Waals surface area contributed by atoms with Gasteiger partial charge in [-0.3, -0.25) is 4.79 Å². The second-order valence-electron chi connectivity index (χ2n) is 5.64. The number of aromatic nitrogens is 3. The number of carbonyl (C=O) groups is 1. The van der Waals surface area contributed by atoms with Crippen LogP contribution in [-0.4, -0.2) is 33.0 Å². The first-order valence-electron chi connectivity index (χ1n) is 8.38. The van der Waals surface area contributed by atoms with Crippen LogP contribution in [0.5, 0.6) is 5.75 Å². The third-order valence-electron chi connectivity index (χ3n) is 3.74. The van der Waals surface area contributed by atoms with E-state index in [1.165, 1.54) is 11.8 Å². The van der Waals surface area contributed by atoms with Crippen LogP contribution >= 0.6 is 23.4 Å². The number of halogens is 1. The fourth-order valence-corrected chi connectivity index (χ4v) is 3.33. The van der Waals surface area contributed by atoms with Crippen molar-refractivity contribution in [3.63, 3.8) is 0 Å². The van der Waals surface area contributed by atoms with Gasteiger partial charge in [-0.05, 0) is 43.3 Å². The molecule has 0 radical (unpaired) electrons. The molecular formula is C19H19ClN4O2S. The molecule has 6 nitrogen and oxygen atoms in total. The molecule has 2 aromatic carbocycles. The third kappa shape index (κ3) is 4.81. The molecule has 0 aliphatic carbocycles. The van der Waals surface area contributed by atoms with Crippen molar-refractivity contribution in [2.75, 3.05) is 17.7 Å². The van der Waals surface area contributed by atoms with E-state index < -0.39 is 0 Å². The largest absolute Gasteiger partial charge is 0.494 e. The standard InChI is InChI=1S/C19H19ClN4O2S/c1-3-26-14-10-8-13(9-11-14)18-22-23-19(24(18)2)27-12-17(25)21-16-7-5-4-6-15(16)20/h4-11H,3,12H2,1-2H3,(H,21,25). The van der Waals surface area contributed by atoms with Crippen LogP contribution in [0.15, 0.2) is 53.7 Å². The van der Waals surface area contributed by atoms with Gasteiger partial charge in [-0.15, -0.1) is 10.2 Å². The smallest absolute Gasteiger partial charge is 0.234 e. The number of hydrogen-bond acceptors (Lipinski definition) is 5. The average Bonchev–Trinajstić information content (AvgIpc) is 3.03. The molecule has 0 atom stereocenters. The van der Waals surface area contributed by atoms with Crippen molar-refractivity contribution in [2.24, 2.45) is 7.05 Å². The molecule has 0 unspecified atom stereocenters. The quantitative estimate of drug-likeness (QED) is 0.598. The van der Waals surface area contributed by atoms with Crippen LogP contribution in [0, 0.1) is 0 Å². The zero-order chi connectivity index (χ0) is 19.2. The Labute approximate surface area is 166 Å². The number of thioether (sulfide) groups is 1. The fraction of sp³-hybridized carbons (Fsp3) is 0.211. The Kier molecular flexibility index (Phi) is 6.36. The van der Waals surface area contributed by atoms with Crippen molar-refractivity contribution in [1.29, 1.82) is 0 Å². The van der Waals surface area contributed by atoms with Crippen LogP contribution in [0.2, 0.25) is 5.02 Å². The summed E-state index contributed by atoms with van der Waals surface area (Å²) >= 11 is 7.37. The van der Waals surface area contributed by atoms with Crippen LogP contribution in [0.4, 0.5) is 5.69 Å². The SMILES string of the molecule is CCOc1ccc(-c2nnc(SCC(=O)Nc3ccccc3Cl)n2C)cc1. The van der Waals surface area contributed by atoms with Crippen LogP contribution in [0.1, 0.15) is 6.92 Å². The summed E-state index contributed by atoms with van der Waals surface area (Å²) in [5, 5.41) is 12.4. The van der Waals surface area contributed by atoms with Crippen molar-refractivity contribution in [3.8, 4) is 17.1 Å². The van der Waals surface area contributed by atoms with Gasteiger partial charge in [-0.2, -0.15) is 0 Å². The van der Waals surface area contributed by atoms with Gasteiger partial charge in [0, 0.05) is 12.6 Å². The number of carbonyl (C=O) groups excluding carboxylic acids is 1. The number of benzene rings is 2. The summed E-state index contributed by atoms with van der Waals surface area (Å²) in [5.74, 6) is 1.60. The minimum atomic E-state index is -0.154. The second kappa shape index (κ2) is 8.92. The zero-order valence-corrected chi connectivity index (χ0v) is 16.5. The van der Waals surface area contributed by atoms with Gasteiger partial charge >= 0.3 is 0 Å². The summed E-state index contributed by atoms with van der Waals surface area (Å²) in [5.41, 5.74) is 1.53. The van der Waals surface area contributed by atoms with Crippen LogP contribution < -0.4 is 10.1 Å². The molecule has 1 N–H and O–H groups in total. The summed E-state index contributed by atoms with van der Waals surface area (Å²) in [6.45, 7) is 2.57. The summed E-state index contributed by atoms with van der Waals surface area (Å²) < 4.78 is 7.32. The molecule has 0 aliphatic heterocycles. The van der Waals surface area contributed by atoms with E-state index in [9.17, 15) is 4.79 Å². The van der Waals surface area contributed by atoms with Gasteiger partial charge in [0.15, 0.2) is 11.0 Å². The number of rotatable bonds is 7. The molecule has 0 aliphatic rings. The molecule has 27 heavy (non-hydrogen) atoms. The Balaban J connectivity index is 1.63. The molecule has 1 heterocycles. The molecule has 0 saturated heterocycles. The molecule has 8 heteroatoms. The highest BCUT2D eigenvalue weighted by Gasteiger charge is 2.13. The van der Waals surface area contributed by atoms with Gasteiger partial charge in [-0.25, -0.2) is 0 Å². The molecule has 0 fully saturated rings. The van der Waals surface area contributed by atoms with Gasteiger partial charge < -0.3 is 14.6 Å². The summed E-state index contributed by atoms with van der Waals surface area (Å²) in [6.07, 6.45) is 0. The van der Waals surface area contributed by atoms with Crippen LogP contribution in [0.3, 0.4) is 0 Å². The van der Waals surface area contributed by atoms with E-state index >= 15 is 0 Å². The average molecular weight is 403 g/mol. The van der Waals surface area contributed by atoms with E-state index in [0.717, 1.165) is 17.1 Å². The number of nitrogens with zero attached hydrogens (tertiary/aromatic N) is 3. The molecule has 140 valence electrons. The van der Waals surface area contributed by atoms with Crippen molar-refractivity contribution < 1.29 is 9.53 Å². The number of ether oxygens (including phenoxy) is 1. The molecule has 0 saturated carbocycles. The Morgan fingerprint density at radius 3 is 2.63 bits per heavy atom. The Morgan fingerprint density at radius 2 is 1.93 bits per heavy atom. The number of hydrogen-bond donors (Lipinski definition) is 1. The summed E-state index contributed by atoms with van der Waals surface area (Å²) in [7, 11) is 1.88. The highest BCUT2D eigenvalue weighted by atomic mass is 35.5. The van der Waals surface area contributed by atoms with Crippen molar-refractivity contribution in [1.82, 2.24) is 14.8 Å². The zero-order valence-electron chi connectivity index (χ0n) is 15.0. The first kappa shape index (κ1) is 19.3. The maximum absolute atomic E-state index is 12.2. The Bertz CT molecular complexity index is 928. The molecule has 1 aromatic heterocycles. The fourth-order valence-electron chi connectivity index (χ4n) is 2.44. The number of anilines is 1. The Morgan fingerprint density at radius 1 is 1.19 bits per heavy atom. The lowest BCUT2D eigenvalue weighted by Gasteiger charge is -2.07. The Hall–Kier alpha value is -2.51. The molecular weight excluding hydrogens is 384 g/mol. The number of para-hydroxylation sites is 1. The minimum absolute atomic E-state index is 0.154. The first-order chi connectivity index (χ1) is 13.1. The maximum atomic E-state index is 12.2. The minimum Gasteiger partial charge on any atom is -0.494 e. The highest BCUT2D eigenvalue weighted by Crippen LogP contribution is 2.25. The van der Waals surface area contributed by atoms with Crippen molar-refractivity contribution in [2.45, 2.75) is 12.1 Å². The maximum Gasteiger partial charge on any atom is 0.234 e. The van der Waals surface area contributed by atoms with Gasteiger partial charge in [-0.1, -0.05) is 35.5 Å². The van der Waals surface area contributed by atoms with Crippen LogP contribution in [-0.2, 0) is 11.8 Å². The summed E-state index contributed by atoms with van der Waals surface area (Å²) in [4.78, 5) is 12.2. The highest BCUT2D eigenvalue weighted by molar-refractivity contribution is 7.99. The predicted octanol–water partition coefficient (Wildman–Crippen LogP) is 4.27. The lowest BCUT2D eigenvalue weighted by molar-refractivity contribution is -0.113. The van der Waals surface area contributed by atoms with E-state index in [1.54, 1.807) is 12.1 Å². The van der Waals surface area contributed by atoms with Gasteiger partial charge in [0.25, 0.3) is 0 Å². The lowest BCUT2D eigenvalue weighted by Crippen LogP contribution is -2.14. The molecule has 1 amide bonds. The third-order valence-corrected chi connectivity index (χ3v) is 5.09. The van der Waals surface area contributed by atoms with Gasteiger partial charge in [0.05, 0.1) is 23.1 Å². The molecule has 3 rings (SSSR count).